The summed E-state index contributed by atoms with van der Waals surface area (Å²) in [5, 5.41) is 14.0. The van der Waals surface area contributed by atoms with Gasteiger partial charge in [-0.1, -0.05) is 18.2 Å². The van der Waals surface area contributed by atoms with Gasteiger partial charge in [-0.15, -0.1) is 0 Å². The highest BCUT2D eigenvalue weighted by Crippen LogP contribution is 2.25. The van der Waals surface area contributed by atoms with E-state index in [1.165, 1.54) is 5.56 Å². The zero-order valence-electron chi connectivity index (χ0n) is 13.3. The number of carboxylic acid groups (broad SMARTS) is 1. The van der Waals surface area contributed by atoms with Gasteiger partial charge in [-0.3, -0.25) is 0 Å². The molecule has 1 amide bonds. The maximum absolute atomic E-state index is 10.4. The zero-order valence-corrected chi connectivity index (χ0v) is 13.3. The van der Waals surface area contributed by atoms with E-state index in [4.69, 9.17) is 10.8 Å². The molecule has 0 spiro atoms. The second-order valence-corrected chi connectivity index (χ2v) is 5.26. The molecule has 0 unspecified atom stereocenters. The van der Waals surface area contributed by atoms with E-state index in [9.17, 15) is 4.79 Å². The van der Waals surface area contributed by atoms with Crippen LogP contribution in [0.2, 0.25) is 0 Å². The summed E-state index contributed by atoms with van der Waals surface area (Å²) in [7, 11) is 0. The second kappa shape index (κ2) is 7.44. The van der Waals surface area contributed by atoms with Gasteiger partial charge in [0.1, 0.15) is 5.82 Å². The first-order valence-electron chi connectivity index (χ1n) is 7.39. The van der Waals surface area contributed by atoms with Gasteiger partial charge in [-0.25, -0.2) is 9.78 Å². The van der Waals surface area contributed by atoms with Crippen LogP contribution in [0.15, 0.2) is 24.3 Å². The molecule has 0 aliphatic heterocycles. The number of anilines is 2. The first-order valence-corrected chi connectivity index (χ1v) is 7.39. The van der Waals surface area contributed by atoms with Crippen molar-refractivity contribution in [1.82, 2.24) is 15.3 Å². The Morgan fingerprint density at radius 2 is 2.04 bits per heavy atom. The third-order valence-electron chi connectivity index (χ3n) is 3.56. The molecule has 122 valence electrons. The van der Waals surface area contributed by atoms with Gasteiger partial charge in [0, 0.05) is 24.7 Å². The molecule has 0 aliphatic rings. The second-order valence-electron chi connectivity index (χ2n) is 5.26. The Morgan fingerprint density at radius 3 is 2.78 bits per heavy atom. The fraction of sp³-hybridized carbons (Fsp3) is 0.312. The van der Waals surface area contributed by atoms with Crippen LogP contribution in [0, 0.1) is 13.8 Å². The summed E-state index contributed by atoms with van der Waals surface area (Å²) >= 11 is 0. The van der Waals surface area contributed by atoms with Crippen LogP contribution in [0.3, 0.4) is 0 Å². The highest BCUT2D eigenvalue weighted by atomic mass is 16.4. The van der Waals surface area contributed by atoms with Crippen molar-refractivity contribution < 1.29 is 9.90 Å². The van der Waals surface area contributed by atoms with Crippen molar-refractivity contribution in [3.63, 3.8) is 0 Å². The molecular weight excluding hydrogens is 294 g/mol. The molecule has 0 radical (unpaired) electrons. The van der Waals surface area contributed by atoms with Crippen LogP contribution in [0.4, 0.5) is 16.6 Å². The number of nitrogens with two attached hydrogens (primary N) is 1. The topological polar surface area (TPSA) is 113 Å². The number of carbonyl (C=O) groups is 1. The van der Waals surface area contributed by atoms with Crippen molar-refractivity contribution in [2.24, 2.45) is 0 Å². The standard InChI is InChI=1S/C16H21N5O2/c1-10-5-3-6-12(11(10)2)13-9-14(21-15(17)20-13)18-7-4-8-19-16(22)23/h3,5-6,9,19H,4,7-8H2,1-2H3,(H,22,23)(H3,17,18,20,21). The highest BCUT2D eigenvalue weighted by molar-refractivity contribution is 5.68. The predicted octanol–water partition coefficient (Wildman–Crippen LogP) is 2.41. The molecule has 0 saturated carbocycles. The van der Waals surface area contributed by atoms with Crippen LogP contribution in [0.5, 0.6) is 0 Å². The largest absolute Gasteiger partial charge is 0.465 e. The van der Waals surface area contributed by atoms with Crippen LogP contribution >= 0.6 is 0 Å². The van der Waals surface area contributed by atoms with Gasteiger partial charge in [-0.05, 0) is 31.4 Å². The van der Waals surface area contributed by atoms with E-state index in [1.54, 1.807) is 0 Å². The number of nitrogens with one attached hydrogen (secondary N) is 2. The van der Waals surface area contributed by atoms with Gasteiger partial charge in [-0.2, -0.15) is 4.98 Å². The van der Waals surface area contributed by atoms with Crippen LogP contribution in [0.25, 0.3) is 11.3 Å². The lowest BCUT2D eigenvalue weighted by Crippen LogP contribution is -2.23. The molecule has 0 saturated heterocycles. The Hall–Kier alpha value is -2.83. The summed E-state index contributed by atoms with van der Waals surface area (Å²) in [4.78, 5) is 18.8. The SMILES string of the molecule is Cc1cccc(-c2cc(NCCCNC(=O)O)nc(N)n2)c1C. The minimum atomic E-state index is -1.02. The van der Waals surface area contributed by atoms with E-state index >= 15 is 0 Å². The van der Waals surface area contributed by atoms with Crippen molar-refractivity contribution in [2.75, 3.05) is 24.1 Å². The molecule has 1 heterocycles. The normalized spacial score (nSPS) is 10.3. The first kappa shape index (κ1) is 16.5. The van der Waals surface area contributed by atoms with E-state index in [-0.39, 0.29) is 5.95 Å². The molecule has 0 aliphatic carbocycles. The molecule has 1 aromatic carbocycles. The van der Waals surface area contributed by atoms with Crippen LogP contribution in [-0.4, -0.2) is 34.3 Å². The van der Waals surface area contributed by atoms with Crippen molar-refractivity contribution in [3.05, 3.63) is 35.4 Å². The molecule has 0 bridgehead atoms. The molecule has 7 nitrogen and oxygen atoms in total. The summed E-state index contributed by atoms with van der Waals surface area (Å²) in [6.07, 6.45) is -0.372. The summed E-state index contributed by atoms with van der Waals surface area (Å²) in [6, 6.07) is 7.89. The zero-order chi connectivity index (χ0) is 16.8. The van der Waals surface area contributed by atoms with Crippen molar-refractivity contribution in [3.8, 4) is 11.3 Å². The lowest BCUT2D eigenvalue weighted by Gasteiger charge is -2.11. The van der Waals surface area contributed by atoms with E-state index in [1.807, 2.05) is 25.1 Å². The minimum Gasteiger partial charge on any atom is -0.465 e. The molecular formula is C16H21N5O2. The Balaban J connectivity index is 2.10. The minimum absolute atomic E-state index is 0.203. The fourth-order valence-corrected chi connectivity index (χ4v) is 2.22. The molecule has 2 aromatic rings. The summed E-state index contributed by atoms with van der Waals surface area (Å²) < 4.78 is 0. The van der Waals surface area contributed by atoms with Gasteiger partial charge in [0.25, 0.3) is 0 Å². The van der Waals surface area contributed by atoms with Crippen molar-refractivity contribution in [2.45, 2.75) is 20.3 Å². The van der Waals surface area contributed by atoms with Crippen molar-refractivity contribution in [1.29, 1.82) is 0 Å². The summed E-state index contributed by atoms with van der Waals surface area (Å²) in [5.41, 5.74) is 9.94. The molecule has 23 heavy (non-hydrogen) atoms. The van der Waals surface area contributed by atoms with E-state index < -0.39 is 6.09 Å². The maximum Gasteiger partial charge on any atom is 0.404 e. The average molecular weight is 315 g/mol. The number of nitrogens with zero attached hydrogens (tertiary/aromatic N) is 2. The number of nitrogen functional groups attached to an aromatic ring is 1. The van der Waals surface area contributed by atoms with Gasteiger partial charge < -0.3 is 21.5 Å². The number of amides is 1. The molecule has 7 heteroatoms. The summed E-state index contributed by atoms with van der Waals surface area (Å²) in [5.74, 6) is 0.832. The van der Waals surface area contributed by atoms with E-state index in [0.29, 0.717) is 25.3 Å². The maximum atomic E-state index is 10.4. The van der Waals surface area contributed by atoms with Gasteiger partial charge >= 0.3 is 6.09 Å². The Morgan fingerprint density at radius 1 is 1.26 bits per heavy atom. The smallest absolute Gasteiger partial charge is 0.404 e. The third-order valence-corrected chi connectivity index (χ3v) is 3.56. The Kier molecular flexibility index (Phi) is 5.35. The number of aryl methyl sites for hydroxylation is 1. The number of hydrogen-bond acceptors (Lipinski definition) is 5. The quantitative estimate of drug-likeness (QED) is 0.609. The van der Waals surface area contributed by atoms with Gasteiger partial charge in [0.2, 0.25) is 5.95 Å². The average Bonchev–Trinajstić information content (AvgIpc) is 2.49. The third kappa shape index (κ3) is 4.57. The van der Waals surface area contributed by atoms with E-state index in [0.717, 1.165) is 16.8 Å². The molecule has 0 atom stereocenters. The lowest BCUT2D eigenvalue weighted by molar-refractivity contribution is 0.194. The monoisotopic (exact) mass is 315 g/mol. The molecule has 2 rings (SSSR count). The lowest BCUT2D eigenvalue weighted by atomic mass is 10.0. The number of rotatable bonds is 6. The number of hydrogen-bond donors (Lipinski definition) is 4. The highest BCUT2D eigenvalue weighted by Gasteiger charge is 2.08. The van der Waals surface area contributed by atoms with Crippen molar-refractivity contribution >= 4 is 17.9 Å². The van der Waals surface area contributed by atoms with Gasteiger partial charge in [0.05, 0.1) is 5.69 Å². The van der Waals surface area contributed by atoms with Gasteiger partial charge in [0.15, 0.2) is 0 Å². The van der Waals surface area contributed by atoms with Crippen LogP contribution in [0.1, 0.15) is 17.5 Å². The molecule has 0 fully saturated rings. The van der Waals surface area contributed by atoms with Crippen LogP contribution < -0.4 is 16.4 Å². The Bertz CT molecular complexity index is 703. The summed E-state index contributed by atoms with van der Waals surface area (Å²) in [6.45, 7) is 5.07. The molecule has 5 N–H and O–H groups in total. The number of aromatic nitrogens is 2. The predicted molar refractivity (Wildman–Crippen MR) is 90.5 cm³/mol. The fourth-order valence-electron chi connectivity index (χ4n) is 2.22. The van der Waals surface area contributed by atoms with E-state index in [2.05, 4.69) is 33.6 Å². The van der Waals surface area contributed by atoms with Crippen LogP contribution in [-0.2, 0) is 0 Å². The number of benzene rings is 1. The molecule has 1 aromatic heterocycles. The first-order chi connectivity index (χ1) is 11.0. The Labute approximate surface area is 135 Å².